The van der Waals surface area contributed by atoms with Gasteiger partial charge in [0.05, 0.1) is 11.8 Å². The molecule has 3 aromatic rings. The standard InChI is InChI=1S/C36H41N3O7/c1-24(2)33-34(42)39(31(21-27-15-9-6-10-16-27)36(44,37-26(5)40)35(43)46-25(3)4)30(28-17-11-7-12-18-28)22-38(33)32(41)23-45-29-19-13-8-14-20-29/h6-20,22,24-25,31,33,44H,21,23H2,1-5H3,(H,37,40)/t31-,33?,36?/m0/s1. The number of aliphatic hydroxyl groups is 1. The average Bonchev–Trinajstić information content (AvgIpc) is 3.02. The highest BCUT2D eigenvalue weighted by Crippen LogP contribution is 2.36. The van der Waals surface area contributed by atoms with Gasteiger partial charge in [-0.05, 0) is 49.4 Å². The smallest absolute Gasteiger partial charge is 0.362 e. The largest absolute Gasteiger partial charge is 0.484 e. The van der Waals surface area contributed by atoms with Gasteiger partial charge in [0.15, 0.2) is 6.61 Å². The molecule has 1 aliphatic heterocycles. The first kappa shape index (κ1) is 33.9. The first-order valence-corrected chi connectivity index (χ1v) is 15.3. The number of benzene rings is 3. The van der Waals surface area contributed by atoms with Crippen molar-refractivity contribution < 1.29 is 33.8 Å². The highest BCUT2D eigenvalue weighted by molar-refractivity contribution is 5.99. The summed E-state index contributed by atoms with van der Waals surface area (Å²) >= 11 is 0. The minimum Gasteiger partial charge on any atom is -0.484 e. The maximum absolute atomic E-state index is 14.8. The van der Waals surface area contributed by atoms with Gasteiger partial charge in [0.25, 0.3) is 17.5 Å². The Kier molecular flexibility index (Phi) is 11.0. The van der Waals surface area contributed by atoms with E-state index in [1.165, 1.54) is 16.7 Å². The molecule has 0 aromatic heterocycles. The molecule has 46 heavy (non-hydrogen) atoms. The summed E-state index contributed by atoms with van der Waals surface area (Å²) in [5.41, 5.74) is -1.19. The highest BCUT2D eigenvalue weighted by Gasteiger charge is 2.54. The lowest BCUT2D eigenvalue weighted by Gasteiger charge is -2.48. The van der Waals surface area contributed by atoms with Crippen LogP contribution in [0.1, 0.15) is 45.7 Å². The normalized spacial score (nSPS) is 16.8. The van der Waals surface area contributed by atoms with Gasteiger partial charge in [-0.25, -0.2) is 4.79 Å². The van der Waals surface area contributed by atoms with E-state index < -0.39 is 53.5 Å². The number of hydrogen-bond donors (Lipinski definition) is 2. The van der Waals surface area contributed by atoms with Gasteiger partial charge >= 0.3 is 5.97 Å². The van der Waals surface area contributed by atoms with Gasteiger partial charge in [0.2, 0.25) is 5.91 Å². The van der Waals surface area contributed by atoms with E-state index in [-0.39, 0.29) is 18.7 Å². The molecule has 1 aliphatic rings. The van der Waals surface area contributed by atoms with Gasteiger partial charge in [-0.2, -0.15) is 0 Å². The van der Waals surface area contributed by atoms with Crippen LogP contribution in [0.15, 0.2) is 97.2 Å². The number of ether oxygens (including phenoxy) is 2. The molecule has 10 nitrogen and oxygen atoms in total. The van der Waals surface area contributed by atoms with Crippen LogP contribution in [0.5, 0.6) is 5.75 Å². The summed E-state index contributed by atoms with van der Waals surface area (Å²) in [6.45, 7) is 7.69. The Labute approximate surface area is 269 Å². The minimum atomic E-state index is -2.67. The Morgan fingerprint density at radius 3 is 2.00 bits per heavy atom. The zero-order valence-electron chi connectivity index (χ0n) is 26.8. The highest BCUT2D eigenvalue weighted by atomic mass is 16.6. The van der Waals surface area contributed by atoms with Gasteiger partial charge in [-0.1, -0.05) is 92.7 Å². The summed E-state index contributed by atoms with van der Waals surface area (Å²) in [6.07, 6.45) is 0.877. The predicted molar refractivity (Wildman–Crippen MR) is 173 cm³/mol. The van der Waals surface area contributed by atoms with Crippen molar-refractivity contribution >= 4 is 29.4 Å². The second kappa shape index (κ2) is 14.9. The van der Waals surface area contributed by atoms with Crippen LogP contribution in [0, 0.1) is 5.92 Å². The van der Waals surface area contributed by atoms with Crippen LogP contribution in [0.25, 0.3) is 5.70 Å². The van der Waals surface area contributed by atoms with E-state index in [1.807, 2.05) is 18.2 Å². The molecule has 0 spiro atoms. The molecular weight excluding hydrogens is 586 g/mol. The third kappa shape index (κ3) is 7.81. The number of carbonyl (C=O) groups is 4. The van der Waals surface area contributed by atoms with Gasteiger partial charge < -0.3 is 24.8 Å². The summed E-state index contributed by atoms with van der Waals surface area (Å²) < 4.78 is 11.2. The molecule has 2 unspecified atom stereocenters. The molecule has 3 atom stereocenters. The van der Waals surface area contributed by atoms with Crippen LogP contribution in [0.3, 0.4) is 0 Å². The average molecular weight is 628 g/mol. The maximum atomic E-state index is 14.8. The topological polar surface area (TPSA) is 125 Å². The van der Waals surface area contributed by atoms with E-state index in [0.717, 1.165) is 0 Å². The van der Waals surface area contributed by atoms with Crippen LogP contribution in [-0.4, -0.2) is 69.1 Å². The van der Waals surface area contributed by atoms with Crippen LogP contribution in [-0.2, 0) is 30.3 Å². The molecule has 0 saturated heterocycles. The summed E-state index contributed by atoms with van der Waals surface area (Å²) in [6, 6.07) is 24.4. The molecule has 0 fully saturated rings. The molecule has 3 amide bonds. The Balaban J connectivity index is 1.91. The zero-order valence-corrected chi connectivity index (χ0v) is 26.8. The number of amides is 3. The number of rotatable bonds is 12. The first-order chi connectivity index (χ1) is 21.9. The zero-order chi connectivity index (χ0) is 33.4. The SMILES string of the molecule is CC(=O)NC(O)(C(=O)OC(C)C)[C@H](Cc1ccccc1)N1C(=O)C(C(C)C)N(C(=O)COc2ccccc2)C=C1c1ccccc1. The lowest BCUT2D eigenvalue weighted by molar-refractivity contribution is -0.185. The number of nitrogens with one attached hydrogen (secondary N) is 1. The van der Waals surface area contributed by atoms with E-state index >= 15 is 0 Å². The first-order valence-electron chi connectivity index (χ1n) is 15.3. The van der Waals surface area contributed by atoms with Crippen LogP contribution >= 0.6 is 0 Å². The fraction of sp³-hybridized carbons (Fsp3) is 0.333. The molecule has 4 rings (SSSR count). The van der Waals surface area contributed by atoms with Crippen molar-refractivity contribution in [1.82, 2.24) is 15.1 Å². The quantitative estimate of drug-likeness (QED) is 0.228. The van der Waals surface area contributed by atoms with Crippen molar-refractivity contribution in [2.24, 2.45) is 5.92 Å². The van der Waals surface area contributed by atoms with Crippen molar-refractivity contribution in [1.29, 1.82) is 0 Å². The van der Waals surface area contributed by atoms with Crippen molar-refractivity contribution in [2.75, 3.05) is 6.61 Å². The summed E-state index contributed by atoms with van der Waals surface area (Å²) in [7, 11) is 0. The van der Waals surface area contributed by atoms with Crippen molar-refractivity contribution in [3.8, 4) is 5.75 Å². The van der Waals surface area contributed by atoms with Crippen LogP contribution in [0.2, 0.25) is 0 Å². The van der Waals surface area contributed by atoms with Crippen LogP contribution < -0.4 is 10.1 Å². The maximum Gasteiger partial charge on any atom is 0.362 e. The number of para-hydroxylation sites is 1. The van der Waals surface area contributed by atoms with Gasteiger partial charge in [-0.3, -0.25) is 19.3 Å². The molecular formula is C36H41N3O7. The predicted octanol–water partition coefficient (Wildman–Crippen LogP) is 4.15. The Morgan fingerprint density at radius 2 is 1.46 bits per heavy atom. The molecule has 0 saturated carbocycles. The lowest BCUT2D eigenvalue weighted by atomic mass is 9.89. The molecule has 10 heteroatoms. The molecule has 242 valence electrons. The monoisotopic (exact) mass is 627 g/mol. The number of carbonyl (C=O) groups excluding carboxylic acids is 4. The van der Waals surface area contributed by atoms with Crippen molar-refractivity contribution in [3.05, 3.63) is 108 Å². The Bertz CT molecular complexity index is 1540. The minimum absolute atomic E-state index is 0.0450. The fourth-order valence-corrected chi connectivity index (χ4v) is 5.47. The number of nitrogens with zero attached hydrogens (tertiary/aromatic N) is 2. The molecule has 0 bridgehead atoms. The molecule has 1 heterocycles. The van der Waals surface area contributed by atoms with Crippen molar-refractivity contribution in [3.63, 3.8) is 0 Å². The lowest BCUT2D eigenvalue weighted by Crippen LogP contribution is -2.70. The van der Waals surface area contributed by atoms with E-state index in [9.17, 15) is 24.3 Å². The summed E-state index contributed by atoms with van der Waals surface area (Å²) in [5, 5.41) is 14.6. The molecule has 0 aliphatic carbocycles. The number of hydrogen-bond acceptors (Lipinski definition) is 7. The van der Waals surface area contributed by atoms with Gasteiger partial charge in [-0.15, -0.1) is 0 Å². The van der Waals surface area contributed by atoms with E-state index in [2.05, 4.69) is 5.32 Å². The van der Waals surface area contributed by atoms with Crippen molar-refractivity contribution in [2.45, 2.75) is 65.0 Å². The molecule has 2 N–H and O–H groups in total. The van der Waals surface area contributed by atoms with E-state index in [1.54, 1.807) is 107 Å². The third-order valence-electron chi connectivity index (χ3n) is 7.49. The molecule has 0 radical (unpaired) electrons. The fourth-order valence-electron chi connectivity index (χ4n) is 5.47. The Hall–Kier alpha value is -4.96. The number of esters is 1. The third-order valence-corrected chi connectivity index (χ3v) is 7.49. The van der Waals surface area contributed by atoms with E-state index in [0.29, 0.717) is 16.9 Å². The summed E-state index contributed by atoms with van der Waals surface area (Å²) in [5.74, 6) is -2.72. The van der Waals surface area contributed by atoms with E-state index in [4.69, 9.17) is 9.47 Å². The summed E-state index contributed by atoms with van der Waals surface area (Å²) in [4.78, 5) is 57.5. The van der Waals surface area contributed by atoms with Crippen LogP contribution in [0.4, 0.5) is 0 Å². The van der Waals surface area contributed by atoms with Gasteiger partial charge in [0.1, 0.15) is 17.8 Å². The Morgan fingerprint density at radius 1 is 0.891 bits per heavy atom. The second-order valence-corrected chi connectivity index (χ2v) is 11.8. The molecule has 3 aromatic carbocycles. The van der Waals surface area contributed by atoms with Gasteiger partial charge in [0, 0.05) is 13.1 Å². The second-order valence-electron chi connectivity index (χ2n) is 11.8.